The van der Waals surface area contributed by atoms with Gasteiger partial charge in [-0.15, -0.1) is 0 Å². The predicted octanol–water partition coefficient (Wildman–Crippen LogP) is 0.118. The van der Waals surface area contributed by atoms with Gasteiger partial charge in [0.25, 0.3) is 10.2 Å². The molecule has 0 aromatic heterocycles. The zero-order valence-electron chi connectivity index (χ0n) is 12.4. The number of piperidine rings is 2. The van der Waals surface area contributed by atoms with Crippen LogP contribution >= 0.6 is 0 Å². The summed E-state index contributed by atoms with van der Waals surface area (Å²) in [5, 5.41) is 0. The fourth-order valence-electron chi connectivity index (χ4n) is 3.16. The van der Waals surface area contributed by atoms with Crippen LogP contribution < -0.4 is 10.5 Å². The van der Waals surface area contributed by atoms with E-state index in [4.69, 9.17) is 5.73 Å². The predicted molar refractivity (Wildman–Crippen MR) is 80.6 cm³/mol. The minimum atomic E-state index is -3.32. The number of nitrogens with two attached hydrogens (primary N) is 1. The molecule has 2 aliphatic rings. The lowest BCUT2D eigenvalue weighted by Gasteiger charge is -2.36. The van der Waals surface area contributed by atoms with Crippen LogP contribution in [-0.4, -0.2) is 62.4 Å². The number of hydrogen-bond acceptors (Lipinski definition) is 4. The molecule has 0 bridgehead atoms. The Bertz CT molecular complexity index is 393. The van der Waals surface area contributed by atoms with E-state index in [1.807, 2.05) is 6.92 Å². The summed E-state index contributed by atoms with van der Waals surface area (Å²) >= 11 is 0. The van der Waals surface area contributed by atoms with E-state index >= 15 is 0 Å². The normalized spacial score (nSPS) is 27.8. The van der Waals surface area contributed by atoms with Gasteiger partial charge in [0.05, 0.1) is 0 Å². The Morgan fingerprint density at radius 3 is 2.45 bits per heavy atom. The first-order chi connectivity index (χ1) is 9.53. The van der Waals surface area contributed by atoms with Crippen molar-refractivity contribution in [3.63, 3.8) is 0 Å². The van der Waals surface area contributed by atoms with Crippen LogP contribution in [-0.2, 0) is 10.2 Å². The minimum absolute atomic E-state index is 0.0724. The number of likely N-dealkylation sites (tertiary alicyclic amines) is 1. The quantitative estimate of drug-likeness (QED) is 0.756. The highest BCUT2D eigenvalue weighted by Crippen LogP contribution is 2.20. The van der Waals surface area contributed by atoms with Crippen LogP contribution in [0, 0.1) is 0 Å². The van der Waals surface area contributed by atoms with E-state index in [2.05, 4.69) is 9.62 Å². The second-order valence-electron chi connectivity index (χ2n) is 5.98. The van der Waals surface area contributed by atoms with E-state index in [0.29, 0.717) is 13.1 Å². The molecule has 2 saturated heterocycles. The van der Waals surface area contributed by atoms with E-state index < -0.39 is 10.2 Å². The van der Waals surface area contributed by atoms with Gasteiger partial charge >= 0.3 is 0 Å². The van der Waals surface area contributed by atoms with Crippen molar-refractivity contribution in [2.45, 2.75) is 51.1 Å². The molecule has 0 radical (unpaired) electrons. The Balaban J connectivity index is 1.86. The molecule has 2 fully saturated rings. The van der Waals surface area contributed by atoms with Crippen molar-refractivity contribution in [1.82, 2.24) is 13.9 Å². The van der Waals surface area contributed by atoms with E-state index in [0.717, 1.165) is 51.7 Å². The number of hydrogen-bond donors (Lipinski definition) is 2. The molecule has 0 saturated carbocycles. The van der Waals surface area contributed by atoms with Crippen LogP contribution in [0.5, 0.6) is 0 Å². The molecule has 6 nitrogen and oxygen atoms in total. The van der Waals surface area contributed by atoms with E-state index in [1.54, 1.807) is 4.31 Å². The molecule has 3 N–H and O–H groups in total. The fraction of sp³-hybridized carbons (Fsp3) is 1.00. The lowest BCUT2D eigenvalue weighted by atomic mass is 10.1. The van der Waals surface area contributed by atoms with Gasteiger partial charge in [0.15, 0.2) is 0 Å². The minimum Gasteiger partial charge on any atom is -0.329 e. The maximum Gasteiger partial charge on any atom is 0.279 e. The molecule has 0 aliphatic carbocycles. The highest BCUT2D eigenvalue weighted by atomic mass is 32.2. The fourth-order valence-corrected chi connectivity index (χ4v) is 4.91. The number of nitrogens with one attached hydrogen (secondary N) is 1. The third kappa shape index (κ3) is 4.14. The average Bonchev–Trinajstić information content (AvgIpc) is 2.41. The second-order valence-corrected chi connectivity index (χ2v) is 7.64. The van der Waals surface area contributed by atoms with Crippen molar-refractivity contribution in [2.75, 3.05) is 32.7 Å². The van der Waals surface area contributed by atoms with Gasteiger partial charge in [-0.2, -0.15) is 17.4 Å². The number of nitrogens with zero attached hydrogens (tertiary/aromatic N) is 2. The Kier molecular flexibility index (Phi) is 5.80. The average molecular weight is 304 g/mol. The van der Waals surface area contributed by atoms with Gasteiger partial charge in [-0.05, 0) is 45.7 Å². The third-order valence-electron chi connectivity index (χ3n) is 4.40. The first-order valence-electron chi connectivity index (χ1n) is 7.74. The van der Waals surface area contributed by atoms with Crippen molar-refractivity contribution in [3.8, 4) is 0 Å². The van der Waals surface area contributed by atoms with Crippen LogP contribution in [0.4, 0.5) is 0 Å². The molecule has 20 heavy (non-hydrogen) atoms. The molecule has 2 heterocycles. The monoisotopic (exact) mass is 304 g/mol. The molecular formula is C13H28N4O2S. The summed E-state index contributed by atoms with van der Waals surface area (Å²) in [5.41, 5.74) is 5.55. The summed E-state index contributed by atoms with van der Waals surface area (Å²) in [6.45, 7) is 6.09. The van der Waals surface area contributed by atoms with Crippen molar-refractivity contribution < 1.29 is 8.42 Å². The molecule has 7 heteroatoms. The highest BCUT2D eigenvalue weighted by Gasteiger charge is 2.32. The van der Waals surface area contributed by atoms with E-state index in [1.165, 1.54) is 0 Å². The van der Waals surface area contributed by atoms with Crippen LogP contribution in [0.2, 0.25) is 0 Å². The van der Waals surface area contributed by atoms with Gasteiger partial charge in [0.2, 0.25) is 0 Å². The molecule has 0 aromatic carbocycles. The van der Waals surface area contributed by atoms with Crippen LogP contribution in [0.25, 0.3) is 0 Å². The van der Waals surface area contributed by atoms with Crippen LogP contribution in [0.15, 0.2) is 0 Å². The molecule has 0 spiro atoms. The van der Waals surface area contributed by atoms with Crippen LogP contribution in [0.1, 0.15) is 39.0 Å². The summed E-state index contributed by atoms with van der Waals surface area (Å²) in [6.07, 6.45) is 4.82. The maximum absolute atomic E-state index is 12.5. The molecule has 1 unspecified atom stereocenters. The van der Waals surface area contributed by atoms with Crippen molar-refractivity contribution >= 4 is 10.2 Å². The van der Waals surface area contributed by atoms with Crippen LogP contribution in [0.3, 0.4) is 0 Å². The van der Waals surface area contributed by atoms with Gasteiger partial charge < -0.3 is 10.6 Å². The molecule has 0 aromatic rings. The van der Waals surface area contributed by atoms with Crippen molar-refractivity contribution in [3.05, 3.63) is 0 Å². The molecular weight excluding hydrogens is 276 g/mol. The molecule has 0 amide bonds. The molecule has 2 aliphatic heterocycles. The zero-order valence-corrected chi connectivity index (χ0v) is 13.2. The summed E-state index contributed by atoms with van der Waals surface area (Å²) in [6, 6.07) is 0.196. The largest absolute Gasteiger partial charge is 0.329 e. The standard InChI is InChI=1S/C13H28N4O2S/c1-12-4-2-3-8-17(12)20(18,19)15-13-5-9-16(10-6-13)11-7-14/h12-13,15H,2-11,14H2,1H3. The Morgan fingerprint density at radius 2 is 1.85 bits per heavy atom. The lowest BCUT2D eigenvalue weighted by molar-refractivity contribution is 0.208. The van der Waals surface area contributed by atoms with Crippen molar-refractivity contribution in [1.29, 1.82) is 0 Å². The van der Waals surface area contributed by atoms with Gasteiger partial charge in [0, 0.05) is 31.7 Å². The van der Waals surface area contributed by atoms with Gasteiger partial charge in [-0.1, -0.05) is 6.42 Å². The SMILES string of the molecule is CC1CCCCN1S(=O)(=O)NC1CCN(CCN)CC1. The maximum atomic E-state index is 12.5. The van der Waals surface area contributed by atoms with Gasteiger partial charge in [0.1, 0.15) is 0 Å². The topological polar surface area (TPSA) is 78.7 Å². The Morgan fingerprint density at radius 1 is 1.15 bits per heavy atom. The van der Waals surface area contributed by atoms with Gasteiger partial charge in [-0.25, -0.2) is 0 Å². The highest BCUT2D eigenvalue weighted by molar-refractivity contribution is 7.87. The molecule has 118 valence electrons. The first kappa shape index (κ1) is 16.2. The van der Waals surface area contributed by atoms with E-state index in [-0.39, 0.29) is 12.1 Å². The summed E-state index contributed by atoms with van der Waals surface area (Å²) in [7, 11) is -3.32. The summed E-state index contributed by atoms with van der Waals surface area (Å²) in [4.78, 5) is 2.30. The Labute approximate surface area is 122 Å². The summed E-state index contributed by atoms with van der Waals surface area (Å²) < 4.78 is 29.4. The Hall–Kier alpha value is -0.210. The lowest BCUT2D eigenvalue weighted by Crippen LogP contribution is -2.53. The summed E-state index contributed by atoms with van der Waals surface area (Å²) in [5.74, 6) is 0. The van der Waals surface area contributed by atoms with Crippen molar-refractivity contribution in [2.24, 2.45) is 5.73 Å². The smallest absolute Gasteiger partial charge is 0.279 e. The van der Waals surface area contributed by atoms with E-state index in [9.17, 15) is 8.42 Å². The molecule has 2 rings (SSSR count). The molecule has 1 atom stereocenters. The third-order valence-corrected chi connectivity index (χ3v) is 6.19. The zero-order chi connectivity index (χ0) is 14.6. The first-order valence-corrected chi connectivity index (χ1v) is 9.18. The number of rotatable bonds is 5. The second kappa shape index (κ2) is 7.17. The van der Waals surface area contributed by atoms with Gasteiger partial charge in [-0.3, -0.25) is 0 Å².